The first kappa shape index (κ1) is 15.4. The summed E-state index contributed by atoms with van der Waals surface area (Å²) in [4.78, 5) is 16.4. The highest BCUT2D eigenvalue weighted by Gasteiger charge is 2.45. The number of aliphatic hydroxyl groups excluding tert-OH is 2. The molecule has 2 aliphatic carbocycles. The van der Waals surface area contributed by atoms with Crippen LogP contribution in [-0.2, 0) is 0 Å². The second-order valence-electron chi connectivity index (χ2n) is 6.57. The number of hydrogen-bond donors (Lipinski definition) is 3. The van der Waals surface area contributed by atoms with Crippen LogP contribution in [0.2, 0.25) is 0 Å². The van der Waals surface area contributed by atoms with Gasteiger partial charge < -0.3 is 15.5 Å². The molecule has 1 amide bonds. The van der Waals surface area contributed by atoms with Gasteiger partial charge in [0.1, 0.15) is 11.8 Å². The molecule has 1 heterocycles. The molecular weight excluding hydrogens is 280 g/mol. The maximum absolute atomic E-state index is 12.3. The van der Waals surface area contributed by atoms with E-state index in [9.17, 15) is 15.0 Å². The largest absolute Gasteiger partial charge is 0.390 e. The molecule has 1 aromatic rings. The van der Waals surface area contributed by atoms with Crippen LogP contribution in [-0.4, -0.2) is 39.4 Å². The summed E-state index contributed by atoms with van der Waals surface area (Å²) in [5, 5.41) is 23.2. The van der Waals surface area contributed by atoms with Crippen LogP contribution in [0.25, 0.3) is 0 Å². The zero-order valence-corrected chi connectivity index (χ0v) is 12.7. The van der Waals surface area contributed by atoms with E-state index in [0.717, 1.165) is 12.8 Å². The highest BCUT2D eigenvalue weighted by atomic mass is 16.3. The smallest absolute Gasteiger partial charge is 0.270 e. The Bertz CT molecular complexity index is 502. The van der Waals surface area contributed by atoms with Crippen molar-refractivity contribution < 1.29 is 15.0 Å². The molecule has 22 heavy (non-hydrogen) atoms. The van der Waals surface area contributed by atoms with E-state index < -0.39 is 12.2 Å². The van der Waals surface area contributed by atoms with Gasteiger partial charge in [-0.25, -0.2) is 0 Å². The molecule has 5 nitrogen and oxygen atoms in total. The first-order valence-electron chi connectivity index (χ1n) is 8.25. The van der Waals surface area contributed by atoms with E-state index in [4.69, 9.17) is 0 Å². The molecule has 0 saturated heterocycles. The Morgan fingerprint density at radius 1 is 1.18 bits per heavy atom. The molecule has 2 aliphatic rings. The van der Waals surface area contributed by atoms with Crippen LogP contribution in [0, 0.1) is 11.8 Å². The van der Waals surface area contributed by atoms with Crippen molar-refractivity contribution in [2.75, 3.05) is 0 Å². The highest BCUT2D eigenvalue weighted by molar-refractivity contribution is 5.92. The molecule has 0 aliphatic heterocycles. The minimum Gasteiger partial charge on any atom is -0.390 e. The first-order chi connectivity index (χ1) is 10.7. The maximum Gasteiger partial charge on any atom is 0.270 e. The van der Waals surface area contributed by atoms with Crippen LogP contribution < -0.4 is 5.32 Å². The molecule has 120 valence electrons. The second kappa shape index (κ2) is 6.75. The Balaban J connectivity index is 1.72. The number of rotatable bonds is 3. The zero-order valence-electron chi connectivity index (χ0n) is 12.7. The Labute approximate surface area is 130 Å². The molecule has 0 spiro atoms. The maximum atomic E-state index is 12.3. The normalized spacial score (nSPS) is 32.8. The summed E-state index contributed by atoms with van der Waals surface area (Å²) < 4.78 is 0. The van der Waals surface area contributed by atoms with Gasteiger partial charge in [-0.2, -0.15) is 0 Å². The van der Waals surface area contributed by atoms with Crippen LogP contribution >= 0.6 is 0 Å². The van der Waals surface area contributed by atoms with Gasteiger partial charge in [-0.15, -0.1) is 0 Å². The minimum atomic E-state index is -0.889. The van der Waals surface area contributed by atoms with E-state index in [2.05, 4.69) is 10.3 Å². The number of carbonyl (C=O) groups is 1. The number of nitrogens with one attached hydrogen (secondary N) is 1. The summed E-state index contributed by atoms with van der Waals surface area (Å²) in [6.45, 7) is 0. The number of hydrogen-bond acceptors (Lipinski definition) is 4. The molecule has 1 aromatic heterocycles. The molecule has 2 fully saturated rings. The van der Waals surface area contributed by atoms with Crippen molar-refractivity contribution in [3.63, 3.8) is 0 Å². The Morgan fingerprint density at radius 3 is 2.64 bits per heavy atom. The predicted octanol–water partition coefficient (Wildman–Crippen LogP) is 1.50. The molecule has 2 saturated carbocycles. The van der Waals surface area contributed by atoms with Crippen molar-refractivity contribution in [2.45, 2.75) is 56.8 Å². The Kier molecular flexibility index (Phi) is 4.74. The summed E-state index contributed by atoms with van der Waals surface area (Å²) in [5.41, 5.74) is 0.346. The summed E-state index contributed by atoms with van der Waals surface area (Å²) >= 11 is 0. The average Bonchev–Trinajstić information content (AvgIpc) is 2.85. The molecule has 0 radical (unpaired) electrons. The van der Waals surface area contributed by atoms with Crippen molar-refractivity contribution >= 4 is 5.91 Å². The molecule has 5 heteroatoms. The number of nitrogens with zero attached hydrogens (tertiary/aromatic N) is 1. The van der Waals surface area contributed by atoms with Crippen LogP contribution in [0.4, 0.5) is 0 Å². The van der Waals surface area contributed by atoms with Crippen molar-refractivity contribution in [1.82, 2.24) is 10.3 Å². The lowest BCUT2D eigenvalue weighted by Gasteiger charge is -2.32. The lowest BCUT2D eigenvalue weighted by Crippen LogP contribution is -2.47. The first-order valence-corrected chi connectivity index (χ1v) is 8.25. The van der Waals surface area contributed by atoms with E-state index in [1.165, 1.54) is 19.3 Å². The summed E-state index contributed by atoms with van der Waals surface area (Å²) in [6.07, 6.45) is 6.43. The number of aromatic nitrogens is 1. The van der Waals surface area contributed by atoms with Crippen molar-refractivity contribution in [3.8, 4) is 0 Å². The fraction of sp³-hybridized carbons (Fsp3) is 0.647. The average molecular weight is 304 g/mol. The summed E-state index contributed by atoms with van der Waals surface area (Å²) in [6, 6.07) is 4.80. The van der Waals surface area contributed by atoms with E-state index in [-0.39, 0.29) is 17.9 Å². The number of carbonyl (C=O) groups excluding carboxylic acids is 1. The highest BCUT2D eigenvalue weighted by Crippen LogP contribution is 2.39. The third-order valence-electron chi connectivity index (χ3n) is 5.19. The van der Waals surface area contributed by atoms with Crippen molar-refractivity contribution in [2.24, 2.45) is 11.8 Å². The standard InChI is InChI=1S/C17H24N2O3/c20-14-10-12(11-6-2-1-3-7-11)15(16(14)21)19-17(22)13-8-4-5-9-18-13/h4-5,8-9,11-12,14-16,20-21H,1-3,6-7,10H2,(H,19,22)/t12-,14-,15-,16-/m1/s1. The Hall–Kier alpha value is -1.46. The van der Waals surface area contributed by atoms with Gasteiger partial charge in [0.15, 0.2) is 0 Å². The molecule has 4 atom stereocenters. The van der Waals surface area contributed by atoms with Gasteiger partial charge in [-0.1, -0.05) is 38.2 Å². The third kappa shape index (κ3) is 3.15. The number of aliphatic hydroxyl groups is 2. The molecule has 0 bridgehead atoms. The van der Waals surface area contributed by atoms with Gasteiger partial charge in [0, 0.05) is 6.20 Å². The lowest BCUT2D eigenvalue weighted by molar-refractivity contribution is 0.0283. The Morgan fingerprint density at radius 2 is 1.95 bits per heavy atom. The fourth-order valence-corrected chi connectivity index (χ4v) is 4.02. The SMILES string of the molecule is O=C(N[C@H]1[C@H](O)[C@H](O)C[C@@H]1C1CCCCC1)c1ccccn1. The lowest BCUT2D eigenvalue weighted by atomic mass is 9.77. The van der Waals surface area contributed by atoms with Gasteiger partial charge in [-0.3, -0.25) is 9.78 Å². The van der Waals surface area contributed by atoms with Gasteiger partial charge >= 0.3 is 0 Å². The third-order valence-corrected chi connectivity index (χ3v) is 5.19. The van der Waals surface area contributed by atoms with Gasteiger partial charge in [-0.05, 0) is 30.4 Å². The minimum absolute atomic E-state index is 0.151. The molecular formula is C17H24N2O3. The number of pyridine rings is 1. The monoisotopic (exact) mass is 304 g/mol. The van der Waals surface area contributed by atoms with E-state index in [1.54, 1.807) is 24.4 Å². The summed E-state index contributed by atoms with van der Waals surface area (Å²) in [5.74, 6) is 0.354. The van der Waals surface area contributed by atoms with Crippen LogP contribution in [0.3, 0.4) is 0 Å². The molecule has 3 N–H and O–H groups in total. The summed E-state index contributed by atoms with van der Waals surface area (Å²) in [7, 11) is 0. The van der Waals surface area contributed by atoms with Gasteiger partial charge in [0.05, 0.1) is 12.1 Å². The van der Waals surface area contributed by atoms with Crippen molar-refractivity contribution in [3.05, 3.63) is 30.1 Å². The number of amides is 1. The predicted molar refractivity (Wildman–Crippen MR) is 82.2 cm³/mol. The van der Waals surface area contributed by atoms with Crippen LogP contribution in [0.1, 0.15) is 49.0 Å². The van der Waals surface area contributed by atoms with E-state index in [0.29, 0.717) is 18.0 Å². The quantitative estimate of drug-likeness (QED) is 0.790. The van der Waals surface area contributed by atoms with Gasteiger partial charge in [0.25, 0.3) is 5.91 Å². The molecule has 3 rings (SSSR count). The van der Waals surface area contributed by atoms with Crippen LogP contribution in [0.5, 0.6) is 0 Å². The van der Waals surface area contributed by atoms with Crippen molar-refractivity contribution in [1.29, 1.82) is 0 Å². The second-order valence-corrected chi connectivity index (χ2v) is 6.57. The topological polar surface area (TPSA) is 82.5 Å². The van der Waals surface area contributed by atoms with E-state index >= 15 is 0 Å². The zero-order chi connectivity index (χ0) is 15.5. The fourth-order valence-electron chi connectivity index (χ4n) is 4.02. The van der Waals surface area contributed by atoms with E-state index in [1.807, 2.05) is 0 Å². The molecule has 0 unspecified atom stereocenters. The van der Waals surface area contributed by atoms with Crippen LogP contribution in [0.15, 0.2) is 24.4 Å². The molecule has 0 aromatic carbocycles. The van der Waals surface area contributed by atoms with Gasteiger partial charge in [0.2, 0.25) is 0 Å².